The first-order valence-electron chi connectivity index (χ1n) is 4.95. The first-order chi connectivity index (χ1) is 6.24. The fourth-order valence-corrected chi connectivity index (χ4v) is 1.36. The molecule has 0 saturated heterocycles. The molecule has 1 aromatic carbocycles. The van der Waals surface area contributed by atoms with Crippen molar-refractivity contribution in [3.05, 3.63) is 30.3 Å². The predicted molar refractivity (Wildman–Crippen MR) is 56.0 cm³/mol. The molecule has 1 aromatic rings. The second-order valence-corrected chi connectivity index (χ2v) is 3.62. The number of para-hydroxylation sites is 1. The molecule has 0 aliphatic heterocycles. The third-order valence-corrected chi connectivity index (χ3v) is 2.18. The number of hydrogen-bond acceptors (Lipinski definition) is 1. The van der Waals surface area contributed by atoms with Gasteiger partial charge in [0.15, 0.2) is 0 Å². The zero-order chi connectivity index (χ0) is 9.68. The van der Waals surface area contributed by atoms with E-state index in [-0.39, 0.29) is 0 Å². The van der Waals surface area contributed by atoms with Crippen molar-refractivity contribution < 1.29 is 4.74 Å². The van der Waals surface area contributed by atoms with Crippen LogP contribution in [0, 0.1) is 5.92 Å². The molecule has 0 aromatic heterocycles. The van der Waals surface area contributed by atoms with Crippen LogP contribution in [0.4, 0.5) is 0 Å². The standard InChI is InChI=1S/C12H18O/c1-4-12(10(2)3)13-11-8-6-5-7-9-11/h5-10,12H,4H2,1-3H3/t12-/m1/s1. The average molecular weight is 178 g/mol. The molecule has 0 amide bonds. The number of rotatable bonds is 4. The van der Waals surface area contributed by atoms with Gasteiger partial charge in [0.1, 0.15) is 11.9 Å². The molecule has 0 radical (unpaired) electrons. The van der Waals surface area contributed by atoms with E-state index >= 15 is 0 Å². The zero-order valence-electron chi connectivity index (χ0n) is 8.66. The van der Waals surface area contributed by atoms with Crippen LogP contribution in [0.25, 0.3) is 0 Å². The number of hydrogen-bond donors (Lipinski definition) is 0. The Morgan fingerprint density at radius 1 is 1.15 bits per heavy atom. The second kappa shape index (κ2) is 4.90. The summed E-state index contributed by atoms with van der Waals surface area (Å²) in [7, 11) is 0. The Morgan fingerprint density at radius 3 is 2.23 bits per heavy atom. The predicted octanol–water partition coefficient (Wildman–Crippen LogP) is 3.50. The molecule has 0 spiro atoms. The van der Waals surface area contributed by atoms with Crippen LogP contribution in [0.15, 0.2) is 30.3 Å². The van der Waals surface area contributed by atoms with E-state index in [1.54, 1.807) is 0 Å². The largest absolute Gasteiger partial charge is 0.490 e. The molecule has 0 saturated carbocycles. The lowest BCUT2D eigenvalue weighted by Gasteiger charge is -2.20. The van der Waals surface area contributed by atoms with Gasteiger partial charge in [-0.1, -0.05) is 39.0 Å². The first kappa shape index (κ1) is 10.1. The lowest BCUT2D eigenvalue weighted by molar-refractivity contribution is 0.147. The van der Waals surface area contributed by atoms with Crippen molar-refractivity contribution in [1.29, 1.82) is 0 Å². The van der Waals surface area contributed by atoms with Gasteiger partial charge in [-0.15, -0.1) is 0 Å². The van der Waals surface area contributed by atoms with Gasteiger partial charge in [0.05, 0.1) is 0 Å². The molecule has 0 unspecified atom stereocenters. The van der Waals surface area contributed by atoms with Crippen molar-refractivity contribution in [3.63, 3.8) is 0 Å². The Kier molecular flexibility index (Phi) is 3.81. The minimum absolute atomic E-state index is 0.336. The van der Waals surface area contributed by atoms with E-state index in [2.05, 4.69) is 20.8 Å². The number of ether oxygens (including phenoxy) is 1. The van der Waals surface area contributed by atoms with Crippen molar-refractivity contribution in [2.24, 2.45) is 5.92 Å². The van der Waals surface area contributed by atoms with Crippen LogP contribution >= 0.6 is 0 Å². The first-order valence-corrected chi connectivity index (χ1v) is 4.95. The van der Waals surface area contributed by atoms with E-state index in [1.165, 1.54) is 0 Å². The van der Waals surface area contributed by atoms with E-state index in [9.17, 15) is 0 Å². The molecule has 1 heteroatoms. The average Bonchev–Trinajstić information content (AvgIpc) is 2.15. The van der Waals surface area contributed by atoms with Gasteiger partial charge >= 0.3 is 0 Å². The molecule has 0 bridgehead atoms. The third-order valence-electron chi connectivity index (χ3n) is 2.18. The van der Waals surface area contributed by atoms with Gasteiger partial charge in [-0.05, 0) is 24.5 Å². The molecule has 1 nitrogen and oxygen atoms in total. The molecule has 1 atom stereocenters. The molecule has 0 N–H and O–H groups in total. The maximum atomic E-state index is 5.83. The summed E-state index contributed by atoms with van der Waals surface area (Å²) < 4.78 is 5.83. The lowest BCUT2D eigenvalue weighted by atomic mass is 10.1. The van der Waals surface area contributed by atoms with Crippen molar-refractivity contribution in [2.45, 2.75) is 33.3 Å². The van der Waals surface area contributed by atoms with E-state index < -0.39 is 0 Å². The molecule has 0 aliphatic rings. The summed E-state index contributed by atoms with van der Waals surface area (Å²) >= 11 is 0. The summed E-state index contributed by atoms with van der Waals surface area (Å²) in [5, 5.41) is 0. The normalized spacial score (nSPS) is 12.9. The summed E-state index contributed by atoms with van der Waals surface area (Å²) in [4.78, 5) is 0. The Hall–Kier alpha value is -0.980. The van der Waals surface area contributed by atoms with Gasteiger partial charge in [0.2, 0.25) is 0 Å². The molecule has 72 valence electrons. The summed E-state index contributed by atoms with van der Waals surface area (Å²) in [6.45, 7) is 6.54. The van der Waals surface area contributed by atoms with Crippen LogP contribution in [0.5, 0.6) is 5.75 Å². The second-order valence-electron chi connectivity index (χ2n) is 3.62. The zero-order valence-corrected chi connectivity index (χ0v) is 8.66. The van der Waals surface area contributed by atoms with E-state index in [4.69, 9.17) is 4.74 Å². The highest BCUT2D eigenvalue weighted by Crippen LogP contribution is 2.16. The Bertz CT molecular complexity index is 228. The molecule has 1 rings (SSSR count). The van der Waals surface area contributed by atoms with Crippen LogP contribution in [0.1, 0.15) is 27.2 Å². The van der Waals surface area contributed by atoms with Crippen molar-refractivity contribution in [2.75, 3.05) is 0 Å². The van der Waals surface area contributed by atoms with E-state index in [0.717, 1.165) is 12.2 Å². The van der Waals surface area contributed by atoms with Gasteiger partial charge < -0.3 is 4.74 Å². The van der Waals surface area contributed by atoms with Gasteiger partial charge in [-0.25, -0.2) is 0 Å². The summed E-state index contributed by atoms with van der Waals surface area (Å²) in [5.74, 6) is 1.55. The maximum Gasteiger partial charge on any atom is 0.119 e. The molecular formula is C12H18O. The van der Waals surface area contributed by atoms with Crippen LogP contribution in [-0.2, 0) is 0 Å². The third kappa shape index (κ3) is 3.10. The molecule has 0 aliphatic carbocycles. The summed E-state index contributed by atoms with van der Waals surface area (Å²) in [6, 6.07) is 10.0. The van der Waals surface area contributed by atoms with Crippen molar-refractivity contribution in [3.8, 4) is 5.75 Å². The quantitative estimate of drug-likeness (QED) is 0.685. The highest BCUT2D eigenvalue weighted by Gasteiger charge is 2.11. The molecule has 0 heterocycles. The molecule has 0 fully saturated rings. The van der Waals surface area contributed by atoms with Gasteiger partial charge in [0, 0.05) is 0 Å². The van der Waals surface area contributed by atoms with Crippen LogP contribution in [-0.4, -0.2) is 6.10 Å². The summed E-state index contributed by atoms with van der Waals surface area (Å²) in [5.41, 5.74) is 0. The SMILES string of the molecule is CC[C@@H](Oc1ccccc1)C(C)C. The van der Waals surface area contributed by atoms with Crippen LogP contribution < -0.4 is 4.74 Å². The Morgan fingerprint density at radius 2 is 1.77 bits per heavy atom. The Balaban J connectivity index is 2.57. The van der Waals surface area contributed by atoms with Crippen molar-refractivity contribution in [1.82, 2.24) is 0 Å². The van der Waals surface area contributed by atoms with Gasteiger partial charge in [-0.3, -0.25) is 0 Å². The fourth-order valence-electron chi connectivity index (χ4n) is 1.36. The maximum absolute atomic E-state index is 5.83. The monoisotopic (exact) mass is 178 g/mol. The smallest absolute Gasteiger partial charge is 0.119 e. The number of benzene rings is 1. The fraction of sp³-hybridized carbons (Fsp3) is 0.500. The highest BCUT2D eigenvalue weighted by atomic mass is 16.5. The molecule has 13 heavy (non-hydrogen) atoms. The topological polar surface area (TPSA) is 9.23 Å². The van der Waals surface area contributed by atoms with Gasteiger partial charge in [0.25, 0.3) is 0 Å². The minimum atomic E-state index is 0.336. The van der Waals surface area contributed by atoms with Crippen LogP contribution in [0.2, 0.25) is 0 Å². The molecular weight excluding hydrogens is 160 g/mol. The highest BCUT2D eigenvalue weighted by molar-refractivity contribution is 5.21. The van der Waals surface area contributed by atoms with Crippen LogP contribution in [0.3, 0.4) is 0 Å². The summed E-state index contributed by atoms with van der Waals surface area (Å²) in [6.07, 6.45) is 1.40. The van der Waals surface area contributed by atoms with E-state index in [0.29, 0.717) is 12.0 Å². The van der Waals surface area contributed by atoms with Gasteiger partial charge in [-0.2, -0.15) is 0 Å². The Labute approximate surface area is 80.7 Å². The minimum Gasteiger partial charge on any atom is -0.490 e. The lowest BCUT2D eigenvalue weighted by Crippen LogP contribution is -2.21. The van der Waals surface area contributed by atoms with E-state index in [1.807, 2.05) is 30.3 Å². The van der Waals surface area contributed by atoms with Crippen molar-refractivity contribution >= 4 is 0 Å².